The van der Waals surface area contributed by atoms with Gasteiger partial charge in [-0.2, -0.15) is 4.57 Å². The molecule has 0 radical (unpaired) electrons. The second-order valence-electron chi connectivity index (χ2n) is 6.51. The molecule has 0 saturated carbocycles. The fraction of sp³-hybridized carbons (Fsp3) is 0.136. The molecular weight excluding hydrogens is 340 g/mol. The smallest absolute Gasteiger partial charge is 0.269 e. The summed E-state index contributed by atoms with van der Waals surface area (Å²) in [7, 11) is 0. The van der Waals surface area contributed by atoms with Crippen LogP contribution in [0.1, 0.15) is 27.9 Å². The molecule has 0 aliphatic heterocycles. The van der Waals surface area contributed by atoms with Crippen molar-refractivity contribution in [2.45, 2.75) is 20.3 Å². The molecular formula is C22H21N2O3+. The number of benzene rings is 2. The predicted octanol–water partition coefficient (Wildman–Crippen LogP) is 4.60. The summed E-state index contributed by atoms with van der Waals surface area (Å²) in [6.45, 7) is 4.03. The van der Waals surface area contributed by atoms with E-state index in [0.29, 0.717) is 5.56 Å². The lowest BCUT2D eigenvalue weighted by atomic mass is 10.0. The summed E-state index contributed by atoms with van der Waals surface area (Å²) in [4.78, 5) is 10.3. The van der Waals surface area contributed by atoms with Crippen LogP contribution in [0.15, 0.2) is 66.9 Å². The van der Waals surface area contributed by atoms with E-state index in [9.17, 15) is 15.2 Å². The van der Waals surface area contributed by atoms with E-state index in [1.54, 1.807) is 6.20 Å². The Labute approximate surface area is 158 Å². The maximum atomic E-state index is 10.7. The summed E-state index contributed by atoms with van der Waals surface area (Å²) >= 11 is 0. The summed E-state index contributed by atoms with van der Waals surface area (Å²) < 4.78 is 1.86. The van der Waals surface area contributed by atoms with Crippen molar-refractivity contribution in [3.05, 3.63) is 105 Å². The van der Waals surface area contributed by atoms with E-state index in [1.165, 1.54) is 35.4 Å². The fourth-order valence-corrected chi connectivity index (χ4v) is 2.94. The number of aliphatic hydroxyl groups is 1. The van der Waals surface area contributed by atoms with Gasteiger partial charge in [-0.15, -0.1) is 0 Å². The van der Waals surface area contributed by atoms with Gasteiger partial charge in [-0.25, -0.2) is 0 Å². The Morgan fingerprint density at radius 3 is 2.41 bits per heavy atom. The number of non-ortho nitro benzene ring substituents is 1. The Bertz CT molecular complexity index is 994. The van der Waals surface area contributed by atoms with Crippen LogP contribution in [0, 0.1) is 24.0 Å². The number of rotatable bonds is 5. The number of aliphatic hydroxyl groups excluding tert-OH is 1. The van der Waals surface area contributed by atoms with Gasteiger partial charge in [-0.3, -0.25) is 10.1 Å². The average Bonchev–Trinajstić information content (AvgIpc) is 2.66. The molecule has 5 heteroatoms. The molecule has 0 amide bonds. The minimum Gasteiger partial charge on any atom is -0.502 e. The van der Waals surface area contributed by atoms with Crippen molar-refractivity contribution in [2.24, 2.45) is 0 Å². The molecule has 0 aliphatic rings. The van der Waals surface area contributed by atoms with E-state index in [2.05, 4.69) is 18.2 Å². The minimum absolute atomic E-state index is 0.00325. The van der Waals surface area contributed by atoms with E-state index in [0.717, 1.165) is 17.7 Å². The standard InChI is InChI=1S/C22H20N2O3/c1-16-14-23(15-22(25)19-8-10-21(11-9-19)24(26)27)17(2)12-20(16)13-18-6-4-3-5-7-18/h3-12,14-15H,13H2,1-2H3/p+1/b22-15-. The SMILES string of the molecule is Cc1c[n+](/C=C(\O)c2ccc([N+](=O)[O-])cc2)c(C)cc1Cc1ccccc1. The second-order valence-corrected chi connectivity index (χ2v) is 6.51. The number of aromatic nitrogens is 1. The molecule has 0 bridgehead atoms. The first-order valence-electron chi connectivity index (χ1n) is 8.65. The molecule has 0 fully saturated rings. The number of nitrogens with zero attached hydrogens (tertiary/aromatic N) is 2. The third-order valence-electron chi connectivity index (χ3n) is 4.50. The van der Waals surface area contributed by atoms with Crippen molar-refractivity contribution in [3.63, 3.8) is 0 Å². The number of nitro benzene ring substituents is 1. The topological polar surface area (TPSA) is 67.2 Å². The Kier molecular flexibility index (Phi) is 5.31. The predicted molar refractivity (Wildman–Crippen MR) is 105 cm³/mol. The van der Waals surface area contributed by atoms with E-state index >= 15 is 0 Å². The summed E-state index contributed by atoms with van der Waals surface area (Å²) in [5.41, 5.74) is 5.12. The van der Waals surface area contributed by atoms with E-state index in [4.69, 9.17) is 0 Å². The second kappa shape index (κ2) is 7.83. The molecule has 1 N–H and O–H groups in total. The normalized spacial score (nSPS) is 11.4. The minimum atomic E-state index is -0.460. The van der Waals surface area contributed by atoms with Gasteiger partial charge in [0.05, 0.1) is 4.92 Å². The van der Waals surface area contributed by atoms with Crippen LogP contribution in [0.5, 0.6) is 0 Å². The van der Waals surface area contributed by atoms with Crippen LogP contribution < -0.4 is 4.57 Å². The lowest BCUT2D eigenvalue weighted by molar-refractivity contribution is -0.576. The number of nitro groups is 1. The van der Waals surface area contributed by atoms with Crippen molar-refractivity contribution < 1.29 is 14.6 Å². The summed E-state index contributed by atoms with van der Waals surface area (Å²) in [5.74, 6) is 0.0493. The fourth-order valence-electron chi connectivity index (χ4n) is 2.94. The summed E-state index contributed by atoms with van der Waals surface area (Å²) in [6, 6.07) is 18.2. The van der Waals surface area contributed by atoms with Crippen molar-refractivity contribution >= 4 is 17.6 Å². The highest BCUT2D eigenvalue weighted by atomic mass is 16.6. The Hall–Kier alpha value is -3.47. The third kappa shape index (κ3) is 4.39. The van der Waals surface area contributed by atoms with Gasteiger partial charge >= 0.3 is 0 Å². The molecule has 2 aromatic carbocycles. The van der Waals surface area contributed by atoms with E-state index in [-0.39, 0.29) is 11.4 Å². The molecule has 0 aliphatic carbocycles. The zero-order valence-electron chi connectivity index (χ0n) is 15.3. The van der Waals surface area contributed by atoms with Crippen molar-refractivity contribution in [1.82, 2.24) is 0 Å². The molecule has 1 aromatic heterocycles. The molecule has 136 valence electrons. The molecule has 0 unspecified atom stereocenters. The number of hydrogen-bond donors (Lipinski definition) is 1. The van der Waals surface area contributed by atoms with E-state index in [1.807, 2.05) is 42.8 Å². The summed E-state index contributed by atoms with van der Waals surface area (Å²) in [5, 5.41) is 21.1. The van der Waals surface area contributed by atoms with Crippen LogP contribution in [-0.2, 0) is 6.42 Å². The zero-order valence-corrected chi connectivity index (χ0v) is 15.3. The Morgan fingerprint density at radius 1 is 1.11 bits per heavy atom. The number of pyridine rings is 1. The van der Waals surface area contributed by atoms with E-state index < -0.39 is 4.92 Å². The van der Waals surface area contributed by atoms with Gasteiger partial charge in [0.2, 0.25) is 6.20 Å². The Balaban J connectivity index is 1.87. The molecule has 0 saturated heterocycles. The van der Waals surface area contributed by atoms with Crippen LogP contribution in [0.25, 0.3) is 12.0 Å². The van der Waals surface area contributed by atoms with Crippen LogP contribution in [0.4, 0.5) is 5.69 Å². The third-order valence-corrected chi connectivity index (χ3v) is 4.50. The molecule has 27 heavy (non-hydrogen) atoms. The van der Waals surface area contributed by atoms with Crippen LogP contribution in [0.3, 0.4) is 0 Å². The highest BCUT2D eigenvalue weighted by molar-refractivity contribution is 5.66. The van der Waals surface area contributed by atoms with Gasteiger partial charge in [-0.1, -0.05) is 30.3 Å². The molecule has 1 heterocycles. The van der Waals surface area contributed by atoms with Crippen molar-refractivity contribution in [1.29, 1.82) is 0 Å². The molecule has 3 rings (SSSR count). The maximum absolute atomic E-state index is 10.7. The lowest BCUT2D eigenvalue weighted by Gasteiger charge is -2.07. The van der Waals surface area contributed by atoms with Crippen LogP contribution >= 0.6 is 0 Å². The van der Waals surface area contributed by atoms with Crippen molar-refractivity contribution in [3.8, 4) is 0 Å². The Morgan fingerprint density at radius 2 is 1.78 bits per heavy atom. The van der Waals surface area contributed by atoms with Gasteiger partial charge in [-0.05, 0) is 36.6 Å². The van der Waals surface area contributed by atoms with Gasteiger partial charge in [0.25, 0.3) is 5.69 Å². The van der Waals surface area contributed by atoms with Crippen LogP contribution in [-0.4, -0.2) is 10.0 Å². The molecule has 5 nitrogen and oxygen atoms in total. The first-order chi connectivity index (χ1) is 12.9. The number of hydrogen-bond acceptors (Lipinski definition) is 3. The largest absolute Gasteiger partial charge is 0.502 e. The van der Waals surface area contributed by atoms with Crippen molar-refractivity contribution in [2.75, 3.05) is 0 Å². The van der Waals surface area contributed by atoms with Gasteiger partial charge < -0.3 is 5.11 Å². The number of aryl methyl sites for hydroxylation is 2. The molecule has 0 spiro atoms. The lowest BCUT2D eigenvalue weighted by Crippen LogP contribution is -2.31. The molecule has 3 aromatic rings. The average molecular weight is 361 g/mol. The highest BCUT2D eigenvalue weighted by Gasteiger charge is 2.13. The first-order valence-corrected chi connectivity index (χ1v) is 8.65. The monoisotopic (exact) mass is 361 g/mol. The first kappa shape index (κ1) is 18.3. The molecule has 0 atom stereocenters. The quantitative estimate of drug-likeness (QED) is 0.312. The van der Waals surface area contributed by atoms with Crippen LogP contribution in [0.2, 0.25) is 0 Å². The highest BCUT2D eigenvalue weighted by Crippen LogP contribution is 2.18. The van der Waals surface area contributed by atoms with Gasteiger partial charge in [0.15, 0.2) is 17.6 Å². The van der Waals surface area contributed by atoms with Gasteiger partial charge in [0.1, 0.15) is 0 Å². The maximum Gasteiger partial charge on any atom is 0.269 e. The zero-order chi connectivity index (χ0) is 19.4. The van der Waals surface area contributed by atoms with Gasteiger partial charge in [0, 0.05) is 36.2 Å². The summed E-state index contributed by atoms with van der Waals surface area (Å²) in [6.07, 6.45) is 4.46.